The molecule has 0 aliphatic rings. The van der Waals surface area contributed by atoms with Crippen LogP contribution < -0.4 is 10.9 Å². The Hall–Kier alpha value is -3.19. The van der Waals surface area contributed by atoms with Crippen LogP contribution in [-0.4, -0.2) is 15.5 Å². The van der Waals surface area contributed by atoms with E-state index in [1.807, 2.05) is 56.5 Å². The molecule has 4 aromatic rings. The lowest BCUT2D eigenvalue weighted by atomic mass is 10.1. The van der Waals surface area contributed by atoms with Crippen molar-refractivity contribution in [1.82, 2.24) is 14.9 Å². The summed E-state index contributed by atoms with van der Waals surface area (Å²) in [6.45, 7) is 6.48. The number of aryl methyl sites for hydroxylation is 4. The summed E-state index contributed by atoms with van der Waals surface area (Å²) in [4.78, 5) is 30.5. The summed E-state index contributed by atoms with van der Waals surface area (Å²) in [6.07, 6.45) is 1.73. The van der Waals surface area contributed by atoms with E-state index in [0.29, 0.717) is 16.8 Å². The van der Waals surface area contributed by atoms with Crippen molar-refractivity contribution in [1.29, 1.82) is 0 Å². The molecule has 0 aliphatic carbocycles. The number of nitrogens with zero attached hydrogens (tertiary/aromatic N) is 2. The number of rotatable bonds is 6. The van der Waals surface area contributed by atoms with Crippen LogP contribution in [0.15, 0.2) is 51.3 Å². The Bertz CT molecular complexity index is 1270. The van der Waals surface area contributed by atoms with E-state index in [1.165, 1.54) is 27.8 Å². The summed E-state index contributed by atoms with van der Waals surface area (Å²) in [6, 6.07) is 10.0. The average Bonchev–Trinajstić information content (AvgIpc) is 3.29. The lowest BCUT2D eigenvalue weighted by molar-refractivity contribution is -0.121. The Morgan fingerprint density at radius 2 is 1.97 bits per heavy atom. The van der Waals surface area contributed by atoms with Gasteiger partial charge in [-0.15, -0.1) is 11.3 Å². The summed E-state index contributed by atoms with van der Waals surface area (Å²) >= 11 is 1.46. The fourth-order valence-corrected chi connectivity index (χ4v) is 4.34. The quantitative estimate of drug-likeness (QED) is 0.502. The predicted molar refractivity (Wildman–Crippen MR) is 119 cm³/mol. The molecule has 1 N–H and O–H groups in total. The second kappa shape index (κ2) is 8.28. The number of amides is 1. The highest BCUT2D eigenvalue weighted by atomic mass is 32.1. The maximum atomic E-state index is 13.1. The molecule has 0 saturated carbocycles. The molecule has 3 heterocycles. The molecular formula is C23H23N3O3S. The highest BCUT2D eigenvalue weighted by Crippen LogP contribution is 2.30. The summed E-state index contributed by atoms with van der Waals surface area (Å²) < 4.78 is 6.99. The fourth-order valence-electron chi connectivity index (χ4n) is 3.44. The molecule has 1 amide bonds. The van der Waals surface area contributed by atoms with Crippen molar-refractivity contribution in [2.75, 3.05) is 0 Å². The van der Waals surface area contributed by atoms with E-state index < -0.39 is 0 Å². The zero-order valence-electron chi connectivity index (χ0n) is 17.2. The normalized spacial score (nSPS) is 11.2. The van der Waals surface area contributed by atoms with Crippen LogP contribution in [0, 0.1) is 20.8 Å². The van der Waals surface area contributed by atoms with Gasteiger partial charge in [-0.3, -0.25) is 14.2 Å². The van der Waals surface area contributed by atoms with Crippen LogP contribution >= 0.6 is 11.3 Å². The lowest BCUT2D eigenvalue weighted by Gasteiger charge is -2.07. The van der Waals surface area contributed by atoms with Crippen LogP contribution in [0.4, 0.5) is 0 Å². The van der Waals surface area contributed by atoms with Gasteiger partial charge in [0.05, 0.1) is 11.7 Å². The van der Waals surface area contributed by atoms with E-state index in [1.54, 1.807) is 0 Å². The fraction of sp³-hybridized carbons (Fsp3) is 0.261. The minimum atomic E-state index is -0.121. The zero-order valence-corrected chi connectivity index (χ0v) is 18.0. The van der Waals surface area contributed by atoms with Gasteiger partial charge in [-0.05, 0) is 32.4 Å². The molecule has 0 radical (unpaired) electrons. The molecule has 154 valence electrons. The first-order chi connectivity index (χ1) is 14.4. The van der Waals surface area contributed by atoms with E-state index in [2.05, 4.69) is 10.3 Å². The Balaban J connectivity index is 1.49. The Morgan fingerprint density at radius 3 is 2.67 bits per heavy atom. The minimum Gasteiger partial charge on any atom is -0.466 e. The molecule has 0 atom stereocenters. The summed E-state index contributed by atoms with van der Waals surface area (Å²) in [5.41, 5.74) is 3.89. The first-order valence-corrected chi connectivity index (χ1v) is 10.7. The maximum Gasteiger partial charge on any atom is 0.262 e. The number of carbonyl (C=O) groups is 1. The monoisotopic (exact) mass is 421 g/mol. The van der Waals surface area contributed by atoms with Crippen LogP contribution in [0.5, 0.6) is 0 Å². The van der Waals surface area contributed by atoms with E-state index in [-0.39, 0.29) is 24.4 Å². The van der Waals surface area contributed by atoms with Crippen molar-refractivity contribution in [3.05, 3.63) is 75.0 Å². The summed E-state index contributed by atoms with van der Waals surface area (Å²) in [5, 5.41) is 5.46. The number of furan rings is 1. The molecule has 0 saturated heterocycles. The number of carbonyl (C=O) groups excluding carboxylic acids is 1. The molecular weight excluding hydrogens is 398 g/mol. The van der Waals surface area contributed by atoms with Crippen molar-refractivity contribution in [3.63, 3.8) is 0 Å². The van der Waals surface area contributed by atoms with Gasteiger partial charge in [-0.2, -0.15) is 0 Å². The molecule has 0 bridgehead atoms. The maximum absolute atomic E-state index is 13.1. The first-order valence-electron chi connectivity index (χ1n) is 9.78. The third-order valence-corrected chi connectivity index (χ3v) is 6.01. The molecule has 1 aromatic carbocycles. The Morgan fingerprint density at radius 1 is 1.20 bits per heavy atom. The molecule has 0 aliphatic heterocycles. The van der Waals surface area contributed by atoms with Crippen molar-refractivity contribution in [2.45, 2.75) is 40.3 Å². The summed E-state index contributed by atoms with van der Waals surface area (Å²) in [5.74, 6) is 1.51. The second-order valence-corrected chi connectivity index (χ2v) is 8.26. The van der Waals surface area contributed by atoms with E-state index in [0.717, 1.165) is 28.2 Å². The highest BCUT2D eigenvalue weighted by molar-refractivity contribution is 7.17. The molecule has 3 aromatic heterocycles. The predicted octanol–water partition coefficient (Wildman–Crippen LogP) is 4.35. The van der Waals surface area contributed by atoms with Crippen LogP contribution in [0.25, 0.3) is 21.3 Å². The smallest absolute Gasteiger partial charge is 0.262 e. The van der Waals surface area contributed by atoms with Gasteiger partial charge in [0.25, 0.3) is 5.56 Å². The molecule has 30 heavy (non-hydrogen) atoms. The number of hydrogen-bond donors (Lipinski definition) is 1. The minimum absolute atomic E-state index is 0.120. The van der Waals surface area contributed by atoms with E-state index in [9.17, 15) is 9.59 Å². The van der Waals surface area contributed by atoms with E-state index >= 15 is 0 Å². The lowest BCUT2D eigenvalue weighted by Crippen LogP contribution is -2.27. The molecule has 0 unspecified atom stereocenters. The molecule has 0 fully saturated rings. The third-order valence-electron chi connectivity index (χ3n) is 5.12. The number of thiophene rings is 1. The number of benzene rings is 1. The highest BCUT2D eigenvalue weighted by Gasteiger charge is 2.14. The third kappa shape index (κ3) is 4.07. The van der Waals surface area contributed by atoms with Crippen molar-refractivity contribution in [2.24, 2.45) is 0 Å². The number of hydrogen-bond acceptors (Lipinski definition) is 5. The van der Waals surface area contributed by atoms with Gasteiger partial charge in [0, 0.05) is 36.0 Å². The largest absolute Gasteiger partial charge is 0.466 e. The van der Waals surface area contributed by atoms with Gasteiger partial charge in [-0.25, -0.2) is 4.98 Å². The van der Waals surface area contributed by atoms with Crippen LogP contribution in [0.1, 0.15) is 29.1 Å². The SMILES string of the molecule is Cc1ccc(-c2csc3ncn(CCC(=O)NCc4cc(C)oc4C)c(=O)c23)cc1. The Kier molecular flexibility index (Phi) is 5.55. The number of aromatic nitrogens is 2. The zero-order chi connectivity index (χ0) is 21.3. The van der Waals surface area contributed by atoms with Gasteiger partial charge in [0.1, 0.15) is 16.4 Å². The average molecular weight is 422 g/mol. The van der Waals surface area contributed by atoms with Gasteiger partial charge in [0.2, 0.25) is 5.91 Å². The standard InChI is InChI=1S/C23H23N3O3S/c1-14-4-6-17(7-5-14)19-12-30-22-21(19)23(28)26(13-25-22)9-8-20(27)24-11-18-10-15(2)29-16(18)3/h4-7,10,12-13H,8-9,11H2,1-3H3,(H,24,27). The van der Waals surface area contributed by atoms with Gasteiger partial charge in [-0.1, -0.05) is 29.8 Å². The molecule has 7 heteroatoms. The molecule has 0 spiro atoms. The molecule has 4 rings (SSSR count). The van der Waals surface area contributed by atoms with Crippen LogP contribution in [0.2, 0.25) is 0 Å². The topological polar surface area (TPSA) is 77.1 Å². The van der Waals surface area contributed by atoms with Crippen molar-refractivity contribution < 1.29 is 9.21 Å². The van der Waals surface area contributed by atoms with Crippen LogP contribution in [-0.2, 0) is 17.9 Å². The van der Waals surface area contributed by atoms with E-state index in [4.69, 9.17) is 4.42 Å². The Labute approximate surface area is 178 Å². The first kappa shape index (κ1) is 20.1. The number of fused-ring (bicyclic) bond motifs is 1. The second-order valence-electron chi connectivity index (χ2n) is 7.40. The van der Waals surface area contributed by atoms with Crippen molar-refractivity contribution in [3.8, 4) is 11.1 Å². The van der Waals surface area contributed by atoms with Gasteiger partial charge in [0.15, 0.2) is 0 Å². The number of nitrogens with one attached hydrogen (secondary N) is 1. The van der Waals surface area contributed by atoms with Crippen LogP contribution in [0.3, 0.4) is 0 Å². The van der Waals surface area contributed by atoms with Gasteiger partial charge < -0.3 is 9.73 Å². The van der Waals surface area contributed by atoms with Gasteiger partial charge >= 0.3 is 0 Å². The molecule has 6 nitrogen and oxygen atoms in total. The van der Waals surface area contributed by atoms with Crippen molar-refractivity contribution >= 4 is 27.5 Å². The summed E-state index contributed by atoms with van der Waals surface area (Å²) in [7, 11) is 0.